The number of ether oxygens (including phenoxy) is 2. The number of hydrogen-bond acceptors (Lipinski definition) is 5. The Kier molecular flexibility index (Phi) is 8.46. The first-order valence-corrected chi connectivity index (χ1v) is 14.1. The molecule has 2 aliphatic heterocycles. The first-order chi connectivity index (χ1) is 17.7. The molecule has 38 heavy (non-hydrogen) atoms. The molecule has 0 radical (unpaired) electrons. The second-order valence-corrected chi connectivity index (χ2v) is 12.1. The molecule has 2 aliphatic rings. The van der Waals surface area contributed by atoms with Crippen LogP contribution in [0.15, 0.2) is 48.5 Å². The van der Waals surface area contributed by atoms with Crippen LogP contribution in [0.5, 0.6) is 0 Å². The lowest BCUT2D eigenvalue weighted by Gasteiger charge is -2.42. The van der Waals surface area contributed by atoms with Gasteiger partial charge in [0, 0.05) is 25.6 Å². The Bertz CT molecular complexity index is 1160. The first kappa shape index (κ1) is 28.8. The number of rotatable bonds is 6. The van der Waals surface area contributed by atoms with Gasteiger partial charge in [-0.1, -0.05) is 30.3 Å². The fourth-order valence-electron chi connectivity index (χ4n) is 5.03. The van der Waals surface area contributed by atoms with Gasteiger partial charge in [0.2, 0.25) is 0 Å². The van der Waals surface area contributed by atoms with Gasteiger partial charge in [-0.05, 0) is 48.6 Å². The number of hydrogen-bond donors (Lipinski definition) is 0. The van der Waals surface area contributed by atoms with Crippen molar-refractivity contribution in [1.82, 2.24) is 4.90 Å². The van der Waals surface area contributed by atoms with Crippen LogP contribution in [0.1, 0.15) is 47.6 Å². The molecule has 5 nitrogen and oxygen atoms in total. The van der Waals surface area contributed by atoms with Gasteiger partial charge in [-0.3, -0.25) is 0 Å². The zero-order valence-electron chi connectivity index (χ0n) is 20.6. The Balaban J connectivity index is 1.60. The Hall–Kier alpha value is -2.15. The van der Waals surface area contributed by atoms with Gasteiger partial charge in [0.05, 0.1) is 35.3 Å². The van der Waals surface area contributed by atoms with Crippen LogP contribution in [0.4, 0.5) is 26.3 Å². The van der Waals surface area contributed by atoms with E-state index in [9.17, 15) is 34.8 Å². The fraction of sp³-hybridized carbons (Fsp3) is 0.538. The molecule has 0 saturated carbocycles. The quantitative estimate of drug-likeness (QED) is 0.422. The molecule has 0 amide bonds. The van der Waals surface area contributed by atoms with Gasteiger partial charge in [-0.2, -0.15) is 26.3 Å². The van der Waals surface area contributed by atoms with Crippen molar-refractivity contribution in [2.75, 3.05) is 37.7 Å². The van der Waals surface area contributed by atoms with E-state index in [1.807, 2.05) is 30.3 Å². The van der Waals surface area contributed by atoms with E-state index < -0.39 is 45.7 Å². The van der Waals surface area contributed by atoms with Crippen molar-refractivity contribution in [2.24, 2.45) is 5.92 Å². The molecule has 4 rings (SSSR count). The third-order valence-corrected chi connectivity index (χ3v) is 8.71. The Labute approximate surface area is 217 Å². The van der Waals surface area contributed by atoms with Crippen LogP contribution in [0.3, 0.4) is 0 Å². The summed E-state index contributed by atoms with van der Waals surface area (Å²) in [7, 11) is -3.06. The molecule has 2 fully saturated rings. The van der Waals surface area contributed by atoms with Gasteiger partial charge in [0.25, 0.3) is 0 Å². The van der Waals surface area contributed by atoms with E-state index >= 15 is 0 Å². The van der Waals surface area contributed by atoms with Crippen molar-refractivity contribution >= 4 is 9.84 Å². The van der Waals surface area contributed by atoms with Gasteiger partial charge in [-0.15, -0.1) is 0 Å². The van der Waals surface area contributed by atoms with E-state index in [1.165, 1.54) is 6.92 Å². The summed E-state index contributed by atoms with van der Waals surface area (Å²) in [6.45, 7) is 3.05. The summed E-state index contributed by atoms with van der Waals surface area (Å²) in [6.07, 6.45) is -11.3. The molecule has 4 atom stereocenters. The average molecular weight is 566 g/mol. The second-order valence-electron chi connectivity index (χ2n) is 9.79. The van der Waals surface area contributed by atoms with Crippen LogP contribution >= 0.6 is 0 Å². The van der Waals surface area contributed by atoms with Crippen LogP contribution in [-0.2, 0) is 31.7 Å². The normalized spacial score (nSPS) is 25.7. The predicted octanol–water partition coefficient (Wildman–Crippen LogP) is 5.68. The molecule has 2 heterocycles. The fourth-order valence-corrected chi connectivity index (χ4v) is 6.31. The lowest BCUT2D eigenvalue weighted by molar-refractivity contribution is -0.210. The Morgan fingerprint density at radius 1 is 0.974 bits per heavy atom. The van der Waals surface area contributed by atoms with Gasteiger partial charge >= 0.3 is 12.4 Å². The van der Waals surface area contributed by atoms with Gasteiger partial charge in [0.1, 0.15) is 0 Å². The molecule has 0 aromatic heterocycles. The lowest BCUT2D eigenvalue weighted by Crippen LogP contribution is -2.47. The first-order valence-electron chi connectivity index (χ1n) is 12.3. The van der Waals surface area contributed by atoms with Crippen LogP contribution in [0.2, 0.25) is 0 Å². The maximum atomic E-state index is 13.4. The molecule has 2 aromatic rings. The highest BCUT2D eigenvalue weighted by molar-refractivity contribution is 7.91. The van der Waals surface area contributed by atoms with Gasteiger partial charge < -0.3 is 14.4 Å². The monoisotopic (exact) mass is 565 g/mol. The highest BCUT2D eigenvalue weighted by atomic mass is 32.2. The molecule has 0 N–H and O–H groups in total. The number of halogens is 6. The lowest BCUT2D eigenvalue weighted by atomic mass is 9.81. The molecule has 0 spiro atoms. The highest BCUT2D eigenvalue weighted by Gasteiger charge is 2.40. The highest BCUT2D eigenvalue weighted by Crippen LogP contribution is 2.41. The topological polar surface area (TPSA) is 55.8 Å². The summed E-state index contributed by atoms with van der Waals surface area (Å²) in [6, 6.07) is 10.7. The van der Waals surface area contributed by atoms with Crippen molar-refractivity contribution in [3.05, 3.63) is 70.8 Å². The van der Waals surface area contributed by atoms with E-state index in [1.54, 1.807) is 0 Å². The molecule has 0 bridgehead atoms. The van der Waals surface area contributed by atoms with Gasteiger partial charge in [0.15, 0.2) is 16.1 Å². The maximum absolute atomic E-state index is 13.4. The molecule has 12 heteroatoms. The molecule has 0 aliphatic carbocycles. The predicted molar refractivity (Wildman–Crippen MR) is 128 cm³/mol. The van der Waals surface area contributed by atoms with Crippen LogP contribution < -0.4 is 0 Å². The van der Waals surface area contributed by atoms with E-state index in [4.69, 9.17) is 9.47 Å². The molecule has 2 aromatic carbocycles. The van der Waals surface area contributed by atoms with Crippen molar-refractivity contribution in [1.29, 1.82) is 0 Å². The summed E-state index contributed by atoms with van der Waals surface area (Å²) < 4.78 is 116. The number of benzene rings is 2. The molecule has 0 unspecified atom stereocenters. The number of nitrogens with zero attached hydrogens (tertiary/aromatic N) is 1. The third kappa shape index (κ3) is 7.08. The van der Waals surface area contributed by atoms with Crippen LogP contribution in [-0.4, -0.2) is 57.4 Å². The minimum atomic E-state index is -4.96. The van der Waals surface area contributed by atoms with Crippen LogP contribution in [0.25, 0.3) is 0 Å². The Morgan fingerprint density at radius 3 is 2.11 bits per heavy atom. The van der Waals surface area contributed by atoms with E-state index in [-0.39, 0.29) is 41.6 Å². The van der Waals surface area contributed by atoms with E-state index in [0.717, 1.165) is 5.56 Å². The standard InChI is InChI=1S/C26H29F6NO4S/c1-17(20-13-21(25(27,28)29)15-22(14-20)26(30,31)32)37-24-23(18-5-3-2-4-6-18)19(7-10-36-24)16-33-8-11-38(34,35)12-9-33/h2-6,13-15,17,19,23-24H,7-12,16H2,1H3/t17-,19+,23+,24-/m1/s1. The largest absolute Gasteiger partial charge is 0.416 e. The molecule has 2 saturated heterocycles. The zero-order chi connectivity index (χ0) is 27.7. The molecular formula is C26H29F6NO4S. The SMILES string of the molecule is C[C@@H](O[C@H]1OCC[C@@H](CN2CCS(=O)(=O)CC2)[C@@H]1c1ccccc1)c1cc(C(F)(F)F)cc(C(F)(F)F)c1. The summed E-state index contributed by atoms with van der Waals surface area (Å²) in [5.41, 5.74) is -2.20. The minimum absolute atomic E-state index is 0.0311. The molecular weight excluding hydrogens is 536 g/mol. The smallest absolute Gasteiger partial charge is 0.352 e. The van der Waals surface area contributed by atoms with E-state index in [2.05, 4.69) is 4.90 Å². The summed E-state index contributed by atoms with van der Waals surface area (Å²) in [5.74, 6) is -0.254. The van der Waals surface area contributed by atoms with Crippen molar-refractivity contribution in [3.8, 4) is 0 Å². The van der Waals surface area contributed by atoms with Crippen molar-refractivity contribution < 1.29 is 44.2 Å². The van der Waals surface area contributed by atoms with Crippen LogP contribution in [0, 0.1) is 5.92 Å². The van der Waals surface area contributed by atoms with E-state index in [0.29, 0.717) is 38.2 Å². The van der Waals surface area contributed by atoms with Crippen molar-refractivity contribution in [3.63, 3.8) is 0 Å². The second kappa shape index (κ2) is 11.1. The zero-order valence-corrected chi connectivity index (χ0v) is 21.5. The summed E-state index contributed by atoms with van der Waals surface area (Å²) in [4.78, 5) is 2.07. The third-order valence-electron chi connectivity index (χ3n) is 7.10. The number of sulfone groups is 1. The van der Waals surface area contributed by atoms with Gasteiger partial charge in [-0.25, -0.2) is 8.42 Å². The minimum Gasteiger partial charge on any atom is -0.352 e. The maximum Gasteiger partial charge on any atom is 0.416 e. The average Bonchev–Trinajstić information content (AvgIpc) is 2.84. The summed E-state index contributed by atoms with van der Waals surface area (Å²) in [5, 5.41) is 0. The number of alkyl halides is 6. The summed E-state index contributed by atoms with van der Waals surface area (Å²) >= 11 is 0. The Morgan fingerprint density at radius 2 is 1.55 bits per heavy atom. The molecule has 210 valence electrons. The van der Waals surface area contributed by atoms with Crippen molar-refractivity contribution in [2.45, 2.75) is 44.0 Å².